The third-order valence-corrected chi connectivity index (χ3v) is 4.19. The number of amides is 1. The van der Waals surface area contributed by atoms with Crippen molar-refractivity contribution >= 4 is 5.91 Å². The summed E-state index contributed by atoms with van der Waals surface area (Å²) in [6.45, 7) is 2.14. The number of aliphatic hydroxyl groups excluding tert-OH is 1. The van der Waals surface area contributed by atoms with Crippen LogP contribution in [0.5, 0.6) is 0 Å². The van der Waals surface area contributed by atoms with E-state index in [9.17, 15) is 9.90 Å². The number of carbonyl (C=O) groups excluding carboxylic acids is 1. The molecule has 104 valence electrons. The molecule has 0 bridgehead atoms. The molecular formula is C15H22N2O2. The molecule has 0 aromatic heterocycles. The SMILES string of the molecule is CC1(C(=O)NCC(O)c2ccccc2)CCCC1N. The molecule has 4 N–H and O–H groups in total. The molecule has 1 amide bonds. The van der Waals surface area contributed by atoms with Crippen LogP contribution < -0.4 is 11.1 Å². The van der Waals surface area contributed by atoms with Crippen LogP contribution in [0.4, 0.5) is 0 Å². The highest BCUT2D eigenvalue weighted by molar-refractivity contribution is 5.83. The zero-order valence-electron chi connectivity index (χ0n) is 11.3. The van der Waals surface area contributed by atoms with E-state index in [0.29, 0.717) is 0 Å². The van der Waals surface area contributed by atoms with Gasteiger partial charge in [0.25, 0.3) is 0 Å². The number of hydrogen-bond donors (Lipinski definition) is 3. The molecule has 2 rings (SSSR count). The second-order valence-corrected chi connectivity index (χ2v) is 5.55. The molecule has 19 heavy (non-hydrogen) atoms. The van der Waals surface area contributed by atoms with Gasteiger partial charge in [0.05, 0.1) is 11.5 Å². The largest absolute Gasteiger partial charge is 0.387 e. The lowest BCUT2D eigenvalue weighted by molar-refractivity contribution is -0.131. The Hall–Kier alpha value is -1.39. The molecule has 0 aliphatic heterocycles. The van der Waals surface area contributed by atoms with Crippen LogP contribution in [0.15, 0.2) is 30.3 Å². The Morgan fingerprint density at radius 2 is 2.21 bits per heavy atom. The Morgan fingerprint density at radius 1 is 1.53 bits per heavy atom. The van der Waals surface area contributed by atoms with Crippen LogP contribution in [-0.4, -0.2) is 23.6 Å². The van der Waals surface area contributed by atoms with E-state index in [1.807, 2.05) is 37.3 Å². The van der Waals surface area contributed by atoms with Crippen LogP contribution in [-0.2, 0) is 4.79 Å². The van der Waals surface area contributed by atoms with Crippen LogP contribution in [0.25, 0.3) is 0 Å². The summed E-state index contributed by atoms with van der Waals surface area (Å²) in [4.78, 5) is 12.2. The summed E-state index contributed by atoms with van der Waals surface area (Å²) in [6.07, 6.45) is 2.03. The van der Waals surface area contributed by atoms with Gasteiger partial charge in [-0.15, -0.1) is 0 Å². The topological polar surface area (TPSA) is 75.3 Å². The lowest BCUT2D eigenvalue weighted by Crippen LogP contribution is -2.48. The molecule has 3 unspecified atom stereocenters. The maximum absolute atomic E-state index is 12.2. The molecule has 4 heteroatoms. The van der Waals surface area contributed by atoms with Crippen molar-refractivity contribution in [3.63, 3.8) is 0 Å². The third kappa shape index (κ3) is 2.96. The molecule has 1 aliphatic rings. The Bertz CT molecular complexity index is 435. The van der Waals surface area contributed by atoms with Gasteiger partial charge in [0, 0.05) is 12.6 Å². The van der Waals surface area contributed by atoms with E-state index in [-0.39, 0.29) is 18.5 Å². The monoisotopic (exact) mass is 262 g/mol. The molecule has 1 aliphatic carbocycles. The third-order valence-electron chi connectivity index (χ3n) is 4.19. The van der Waals surface area contributed by atoms with E-state index in [0.717, 1.165) is 24.8 Å². The fourth-order valence-electron chi connectivity index (χ4n) is 2.66. The first-order chi connectivity index (χ1) is 9.04. The first kappa shape index (κ1) is 14.0. The molecule has 0 saturated heterocycles. The van der Waals surface area contributed by atoms with Gasteiger partial charge in [-0.2, -0.15) is 0 Å². The lowest BCUT2D eigenvalue weighted by Gasteiger charge is -2.28. The number of benzene rings is 1. The van der Waals surface area contributed by atoms with E-state index in [1.165, 1.54) is 0 Å². The number of nitrogens with two attached hydrogens (primary N) is 1. The second-order valence-electron chi connectivity index (χ2n) is 5.55. The van der Waals surface area contributed by atoms with Gasteiger partial charge in [0.15, 0.2) is 0 Å². The maximum Gasteiger partial charge on any atom is 0.227 e. The summed E-state index contributed by atoms with van der Waals surface area (Å²) >= 11 is 0. The van der Waals surface area contributed by atoms with E-state index in [4.69, 9.17) is 5.73 Å². The van der Waals surface area contributed by atoms with Crippen molar-refractivity contribution in [2.24, 2.45) is 11.1 Å². The van der Waals surface area contributed by atoms with Gasteiger partial charge in [0.1, 0.15) is 0 Å². The molecule has 1 aromatic rings. The highest BCUT2D eigenvalue weighted by Crippen LogP contribution is 2.36. The van der Waals surface area contributed by atoms with Crippen LogP contribution in [0, 0.1) is 5.41 Å². The fraction of sp³-hybridized carbons (Fsp3) is 0.533. The zero-order chi connectivity index (χ0) is 13.9. The highest BCUT2D eigenvalue weighted by Gasteiger charge is 2.42. The van der Waals surface area contributed by atoms with E-state index < -0.39 is 11.5 Å². The average Bonchev–Trinajstić information content (AvgIpc) is 2.78. The number of carbonyl (C=O) groups is 1. The van der Waals surface area contributed by atoms with Crippen molar-refractivity contribution in [3.8, 4) is 0 Å². The molecule has 0 heterocycles. The fourth-order valence-corrected chi connectivity index (χ4v) is 2.66. The molecule has 1 saturated carbocycles. The minimum Gasteiger partial charge on any atom is -0.387 e. The van der Waals surface area contributed by atoms with E-state index in [2.05, 4.69) is 5.32 Å². The Kier molecular flexibility index (Phi) is 4.22. The summed E-state index contributed by atoms with van der Waals surface area (Å²) in [7, 11) is 0. The molecule has 1 aromatic carbocycles. The van der Waals surface area contributed by atoms with Gasteiger partial charge < -0.3 is 16.2 Å². The van der Waals surface area contributed by atoms with Crippen LogP contribution >= 0.6 is 0 Å². The number of rotatable bonds is 4. The summed E-state index contributed by atoms with van der Waals surface area (Å²) < 4.78 is 0. The summed E-state index contributed by atoms with van der Waals surface area (Å²) in [5, 5.41) is 12.8. The molecule has 1 fully saturated rings. The van der Waals surface area contributed by atoms with Gasteiger partial charge in [0.2, 0.25) is 5.91 Å². The normalized spacial score (nSPS) is 28.1. The van der Waals surface area contributed by atoms with Crippen LogP contribution in [0.1, 0.15) is 37.9 Å². The van der Waals surface area contributed by atoms with Gasteiger partial charge in [-0.25, -0.2) is 0 Å². The van der Waals surface area contributed by atoms with Crippen molar-refractivity contribution < 1.29 is 9.90 Å². The predicted octanol–water partition coefficient (Wildman–Crippen LogP) is 1.35. The molecule has 0 spiro atoms. The number of aliphatic hydroxyl groups is 1. The standard InChI is InChI=1S/C15H22N2O2/c1-15(9-5-8-13(15)16)14(19)17-10-12(18)11-6-3-2-4-7-11/h2-4,6-7,12-13,18H,5,8-10,16H2,1H3,(H,17,19). The Labute approximate surface area is 114 Å². The molecule has 0 radical (unpaired) electrons. The van der Waals surface area contributed by atoms with Crippen molar-refractivity contribution in [3.05, 3.63) is 35.9 Å². The first-order valence-electron chi connectivity index (χ1n) is 6.81. The van der Waals surface area contributed by atoms with Crippen LogP contribution in [0.2, 0.25) is 0 Å². The molecule has 4 nitrogen and oxygen atoms in total. The minimum absolute atomic E-state index is 0.0486. The van der Waals surface area contributed by atoms with Crippen molar-refractivity contribution in [2.45, 2.75) is 38.3 Å². The average molecular weight is 262 g/mol. The highest BCUT2D eigenvalue weighted by atomic mass is 16.3. The maximum atomic E-state index is 12.2. The Morgan fingerprint density at radius 3 is 2.79 bits per heavy atom. The number of hydrogen-bond acceptors (Lipinski definition) is 3. The van der Waals surface area contributed by atoms with Crippen molar-refractivity contribution in [2.75, 3.05) is 6.54 Å². The van der Waals surface area contributed by atoms with Gasteiger partial charge in [-0.05, 0) is 25.3 Å². The number of nitrogens with one attached hydrogen (secondary N) is 1. The predicted molar refractivity (Wildman–Crippen MR) is 74.3 cm³/mol. The lowest BCUT2D eigenvalue weighted by atomic mass is 9.84. The van der Waals surface area contributed by atoms with Crippen molar-refractivity contribution in [1.82, 2.24) is 5.32 Å². The van der Waals surface area contributed by atoms with Gasteiger partial charge in [-0.3, -0.25) is 4.79 Å². The smallest absolute Gasteiger partial charge is 0.227 e. The van der Waals surface area contributed by atoms with Gasteiger partial charge >= 0.3 is 0 Å². The van der Waals surface area contributed by atoms with Crippen molar-refractivity contribution in [1.29, 1.82) is 0 Å². The van der Waals surface area contributed by atoms with Gasteiger partial charge in [-0.1, -0.05) is 36.8 Å². The van der Waals surface area contributed by atoms with E-state index in [1.54, 1.807) is 0 Å². The minimum atomic E-state index is -0.675. The molecule has 3 atom stereocenters. The first-order valence-corrected chi connectivity index (χ1v) is 6.81. The van der Waals surface area contributed by atoms with E-state index >= 15 is 0 Å². The zero-order valence-corrected chi connectivity index (χ0v) is 11.3. The summed E-state index contributed by atoms with van der Waals surface area (Å²) in [5.41, 5.74) is 6.33. The van der Waals surface area contributed by atoms with Crippen LogP contribution in [0.3, 0.4) is 0 Å². The molecular weight excluding hydrogens is 240 g/mol. The summed E-state index contributed by atoms with van der Waals surface area (Å²) in [5.74, 6) is -0.0486. The Balaban J connectivity index is 1.90. The quantitative estimate of drug-likeness (QED) is 0.766. The summed E-state index contributed by atoms with van der Waals surface area (Å²) in [6, 6.07) is 9.25. The second kappa shape index (κ2) is 5.72.